The van der Waals surface area contributed by atoms with Crippen LogP contribution in [0, 0.1) is 19.8 Å². The molecular weight excluding hydrogens is 316 g/mol. The van der Waals surface area contributed by atoms with Crippen LogP contribution in [0.4, 0.5) is 5.13 Å². The Morgan fingerprint density at radius 3 is 2.58 bits per heavy atom. The van der Waals surface area contributed by atoms with E-state index in [4.69, 9.17) is 0 Å². The van der Waals surface area contributed by atoms with E-state index in [0.29, 0.717) is 0 Å². The summed E-state index contributed by atoms with van der Waals surface area (Å²) in [6.45, 7) is 6.40. The van der Waals surface area contributed by atoms with Crippen LogP contribution in [0.25, 0.3) is 4.96 Å². The van der Waals surface area contributed by atoms with E-state index >= 15 is 0 Å². The zero-order valence-corrected chi connectivity index (χ0v) is 15.2. The average Bonchev–Trinajstić information content (AvgIpc) is 3.12. The lowest BCUT2D eigenvalue weighted by Gasteiger charge is -2.31. The number of benzene rings is 1. The first kappa shape index (κ1) is 15.6. The fraction of sp³-hybridized carbons (Fsp3) is 0.474. The number of piperidine rings is 1. The molecule has 3 heterocycles. The van der Waals surface area contributed by atoms with Crippen molar-refractivity contribution >= 4 is 21.4 Å². The fourth-order valence-corrected chi connectivity index (χ4v) is 4.45. The van der Waals surface area contributed by atoms with Gasteiger partial charge in [0.2, 0.25) is 10.1 Å². The molecule has 4 nitrogen and oxygen atoms in total. The Hall–Kier alpha value is -1.88. The largest absolute Gasteiger partial charge is 0.347 e. The minimum atomic E-state index is 0.842. The minimum absolute atomic E-state index is 0.842. The third kappa shape index (κ3) is 3.31. The molecule has 3 aromatic rings. The van der Waals surface area contributed by atoms with Gasteiger partial charge in [-0.3, -0.25) is 0 Å². The van der Waals surface area contributed by atoms with Crippen LogP contribution >= 0.6 is 11.3 Å². The van der Waals surface area contributed by atoms with Crippen LogP contribution in [0.2, 0.25) is 0 Å². The molecule has 126 valence electrons. The molecule has 4 rings (SSSR count). The van der Waals surface area contributed by atoms with Crippen molar-refractivity contribution in [3.05, 3.63) is 47.3 Å². The molecule has 2 aromatic heterocycles. The Morgan fingerprint density at radius 2 is 1.88 bits per heavy atom. The van der Waals surface area contributed by atoms with E-state index in [1.807, 2.05) is 17.6 Å². The Kier molecular flexibility index (Phi) is 4.27. The van der Waals surface area contributed by atoms with Gasteiger partial charge in [0.25, 0.3) is 0 Å². The van der Waals surface area contributed by atoms with Gasteiger partial charge in [0, 0.05) is 13.1 Å². The smallest absolute Gasteiger partial charge is 0.214 e. The molecule has 1 saturated heterocycles. The van der Waals surface area contributed by atoms with Gasteiger partial charge in [0.1, 0.15) is 0 Å². The van der Waals surface area contributed by atoms with Crippen LogP contribution < -0.4 is 4.90 Å². The molecule has 1 aromatic carbocycles. The van der Waals surface area contributed by atoms with Crippen molar-refractivity contribution in [1.29, 1.82) is 0 Å². The molecular formula is C19H24N4S. The van der Waals surface area contributed by atoms with Crippen molar-refractivity contribution in [2.45, 2.75) is 39.5 Å². The highest BCUT2D eigenvalue weighted by Gasteiger charge is 2.22. The van der Waals surface area contributed by atoms with Gasteiger partial charge in [-0.2, -0.15) is 0 Å². The molecule has 24 heavy (non-hydrogen) atoms. The molecule has 1 aliphatic heterocycles. The maximum atomic E-state index is 4.68. The summed E-state index contributed by atoms with van der Waals surface area (Å²) < 4.78 is 1.92. The van der Waals surface area contributed by atoms with Gasteiger partial charge in [-0.1, -0.05) is 41.2 Å². The maximum absolute atomic E-state index is 4.68. The van der Waals surface area contributed by atoms with Crippen LogP contribution in [0.3, 0.4) is 0 Å². The average molecular weight is 340 g/mol. The van der Waals surface area contributed by atoms with E-state index in [-0.39, 0.29) is 0 Å². The van der Waals surface area contributed by atoms with Crippen molar-refractivity contribution in [3.63, 3.8) is 0 Å². The first-order valence-corrected chi connectivity index (χ1v) is 9.62. The number of hydrogen-bond acceptors (Lipinski definition) is 4. The Morgan fingerprint density at radius 1 is 1.12 bits per heavy atom. The number of aryl methyl sites for hydroxylation is 3. The van der Waals surface area contributed by atoms with Crippen molar-refractivity contribution in [2.24, 2.45) is 5.92 Å². The zero-order valence-electron chi connectivity index (χ0n) is 14.4. The summed E-state index contributed by atoms with van der Waals surface area (Å²) in [5, 5.41) is 5.80. The van der Waals surface area contributed by atoms with Crippen molar-refractivity contribution in [3.8, 4) is 0 Å². The molecule has 0 unspecified atom stereocenters. The third-order valence-corrected chi connectivity index (χ3v) is 5.98. The van der Waals surface area contributed by atoms with Crippen LogP contribution in [0.5, 0.6) is 0 Å². The molecule has 5 heteroatoms. The summed E-state index contributed by atoms with van der Waals surface area (Å²) >= 11 is 1.70. The highest BCUT2D eigenvalue weighted by atomic mass is 32.1. The van der Waals surface area contributed by atoms with E-state index < -0.39 is 0 Å². The van der Waals surface area contributed by atoms with Gasteiger partial charge in [0.15, 0.2) is 0 Å². The van der Waals surface area contributed by atoms with Crippen LogP contribution in [0.15, 0.2) is 30.5 Å². The van der Waals surface area contributed by atoms with E-state index in [1.54, 1.807) is 11.3 Å². The number of aromatic nitrogens is 3. The highest BCUT2D eigenvalue weighted by molar-refractivity contribution is 7.20. The zero-order chi connectivity index (χ0) is 16.5. The van der Waals surface area contributed by atoms with Crippen LogP contribution in [-0.4, -0.2) is 27.7 Å². The van der Waals surface area contributed by atoms with Gasteiger partial charge in [-0.15, -0.1) is 5.10 Å². The van der Waals surface area contributed by atoms with Gasteiger partial charge < -0.3 is 4.90 Å². The Labute approximate surface area is 147 Å². The Bertz CT molecular complexity index is 778. The number of imidazole rings is 1. The SMILES string of the molecule is Cc1ccc(CCC2CCN(c3nn4cc(C)nc4s3)CC2)cc1. The van der Waals surface area contributed by atoms with E-state index in [0.717, 1.165) is 34.8 Å². The number of rotatable bonds is 4. The standard InChI is InChI=1S/C19H24N4S/c1-14-3-5-16(6-4-14)7-8-17-9-11-22(12-10-17)19-21-23-13-15(2)20-18(23)24-19/h3-6,13,17H,7-12H2,1-2H3. The van der Waals surface area contributed by atoms with Gasteiger partial charge >= 0.3 is 0 Å². The molecule has 0 atom stereocenters. The summed E-state index contributed by atoms with van der Waals surface area (Å²) in [6, 6.07) is 8.99. The summed E-state index contributed by atoms with van der Waals surface area (Å²) in [4.78, 5) is 7.94. The summed E-state index contributed by atoms with van der Waals surface area (Å²) in [5.74, 6) is 0.842. The molecule has 0 N–H and O–H groups in total. The highest BCUT2D eigenvalue weighted by Crippen LogP contribution is 2.29. The maximum Gasteiger partial charge on any atom is 0.214 e. The fourth-order valence-electron chi connectivity index (χ4n) is 3.46. The molecule has 1 aliphatic rings. The summed E-state index contributed by atoms with van der Waals surface area (Å²) in [5.41, 5.74) is 3.85. The summed E-state index contributed by atoms with van der Waals surface area (Å²) in [7, 11) is 0. The first-order chi connectivity index (χ1) is 11.7. The third-order valence-electron chi connectivity index (χ3n) is 5.00. The molecule has 1 fully saturated rings. The predicted octanol–water partition coefficient (Wildman–Crippen LogP) is 4.26. The second-order valence-electron chi connectivity index (χ2n) is 6.95. The molecule has 0 aliphatic carbocycles. The van der Waals surface area contributed by atoms with E-state index in [9.17, 15) is 0 Å². The molecule has 0 saturated carbocycles. The molecule has 0 amide bonds. The van der Waals surface area contributed by atoms with Crippen molar-refractivity contribution in [1.82, 2.24) is 14.6 Å². The minimum Gasteiger partial charge on any atom is -0.347 e. The van der Waals surface area contributed by atoms with E-state index in [2.05, 4.69) is 46.2 Å². The second-order valence-corrected chi connectivity index (χ2v) is 7.88. The van der Waals surface area contributed by atoms with Crippen molar-refractivity contribution in [2.75, 3.05) is 18.0 Å². The van der Waals surface area contributed by atoms with Gasteiger partial charge in [-0.05, 0) is 51.0 Å². The summed E-state index contributed by atoms with van der Waals surface area (Å²) in [6.07, 6.45) is 7.05. The lowest BCUT2D eigenvalue weighted by Crippen LogP contribution is -2.33. The lowest BCUT2D eigenvalue weighted by atomic mass is 9.90. The molecule has 0 radical (unpaired) electrons. The first-order valence-electron chi connectivity index (χ1n) is 8.81. The van der Waals surface area contributed by atoms with Crippen LogP contribution in [-0.2, 0) is 6.42 Å². The van der Waals surface area contributed by atoms with E-state index in [1.165, 1.54) is 36.8 Å². The van der Waals surface area contributed by atoms with Gasteiger partial charge in [-0.25, -0.2) is 9.50 Å². The quantitative estimate of drug-likeness (QED) is 0.712. The number of anilines is 1. The monoisotopic (exact) mass is 340 g/mol. The number of nitrogens with zero attached hydrogens (tertiary/aromatic N) is 4. The normalized spacial score (nSPS) is 16.2. The molecule has 0 spiro atoms. The molecule has 0 bridgehead atoms. The van der Waals surface area contributed by atoms with Gasteiger partial charge in [0.05, 0.1) is 11.9 Å². The predicted molar refractivity (Wildman–Crippen MR) is 100 cm³/mol. The Balaban J connectivity index is 1.31. The van der Waals surface area contributed by atoms with Crippen LogP contribution in [0.1, 0.15) is 36.1 Å². The number of fused-ring (bicyclic) bond motifs is 1. The topological polar surface area (TPSA) is 33.4 Å². The number of hydrogen-bond donors (Lipinski definition) is 0. The second kappa shape index (κ2) is 6.55. The lowest BCUT2D eigenvalue weighted by molar-refractivity contribution is 0.381. The van der Waals surface area contributed by atoms with Crippen molar-refractivity contribution < 1.29 is 0 Å².